The lowest BCUT2D eigenvalue weighted by molar-refractivity contribution is 0.0951. The fourth-order valence-electron chi connectivity index (χ4n) is 1.35. The van der Waals surface area contributed by atoms with Crippen LogP contribution in [0.15, 0.2) is 0 Å². The Morgan fingerprint density at radius 2 is 2.17 bits per heavy atom. The number of hydrogen-bond acceptors (Lipinski definition) is 6. The van der Waals surface area contributed by atoms with Gasteiger partial charge in [-0.2, -0.15) is 0 Å². The van der Waals surface area contributed by atoms with Crippen LogP contribution >= 0.6 is 11.3 Å². The molecule has 3 N–H and O–H groups in total. The fraction of sp³-hybridized carbons (Fsp3) is 0.727. The average molecular weight is 271 g/mol. The Balaban J connectivity index is 2.13. The molecule has 6 nitrogen and oxygen atoms in total. The second-order valence-electron chi connectivity index (χ2n) is 4.48. The molecule has 0 radical (unpaired) electrons. The van der Waals surface area contributed by atoms with Crippen molar-refractivity contribution in [3.05, 3.63) is 5.01 Å². The Kier molecular flexibility index (Phi) is 6.00. The number of amides is 1. The second-order valence-corrected chi connectivity index (χ2v) is 5.49. The number of carbonyl (C=O) groups excluding carboxylic acids is 1. The molecule has 0 bridgehead atoms. The third-order valence-corrected chi connectivity index (χ3v) is 3.49. The zero-order valence-electron chi connectivity index (χ0n) is 11.1. The van der Waals surface area contributed by atoms with Gasteiger partial charge in [-0.25, -0.2) is 0 Å². The molecule has 0 unspecified atom stereocenters. The molecular weight excluding hydrogens is 250 g/mol. The number of unbranched alkanes of at least 4 members (excludes halogenated alkanes) is 1. The molecule has 0 saturated heterocycles. The second kappa shape index (κ2) is 7.27. The summed E-state index contributed by atoms with van der Waals surface area (Å²) in [6.45, 7) is 6.03. The fourth-order valence-corrected chi connectivity index (χ4v) is 1.87. The molecule has 1 aromatic heterocycles. The van der Waals surface area contributed by atoms with E-state index in [1.165, 1.54) is 0 Å². The quantitative estimate of drug-likeness (QED) is 0.722. The summed E-state index contributed by atoms with van der Waals surface area (Å²) >= 11 is 1.10. The van der Waals surface area contributed by atoms with Gasteiger partial charge in [-0.1, -0.05) is 11.3 Å². The van der Waals surface area contributed by atoms with Gasteiger partial charge in [0, 0.05) is 12.6 Å². The molecule has 102 valence electrons. The summed E-state index contributed by atoms with van der Waals surface area (Å²) in [5.41, 5.74) is 5.41. The standard InChI is InChI=1S/C11H21N5OS/c1-8(2)16(3)7-5-4-6-13-9(17)10-14-15-11(12)18-10/h8H,4-7H2,1-3H3,(H2,12,15)(H,13,17). The van der Waals surface area contributed by atoms with Crippen molar-refractivity contribution >= 4 is 22.4 Å². The Hall–Kier alpha value is -1.21. The maximum absolute atomic E-state index is 11.6. The highest BCUT2D eigenvalue weighted by Gasteiger charge is 2.10. The SMILES string of the molecule is CC(C)N(C)CCCCNC(=O)c1nnc(N)s1. The van der Waals surface area contributed by atoms with Crippen LogP contribution in [-0.4, -0.2) is 47.2 Å². The topological polar surface area (TPSA) is 84.1 Å². The summed E-state index contributed by atoms with van der Waals surface area (Å²) in [6.07, 6.45) is 2.02. The van der Waals surface area contributed by atoms with Crippen LogP contribution in [-0.2, 0) is 0 Å². The third-order valence-electron chi connectivity index (χ3n) is 2.74. The normalized spacial score (nSPS) is 11.2. The van der Waals surface area contributed by atoms with E-state index in [1.807, 2.05) is 0 Å². The first-order valence-corrected chi connectivity index (χ1v) is 6.89. The van der Waals surface area contributed by atoms with E-state index >= 15 is 0 Å². The Morgan fingerprint density at radius 3 is 2.72 bits per heavy atom. The van der Waals surface area contributed by atoms with Gasteiger partial charge in [0.1, 0.15) is 0 Å². The number of anilines is 1. The van der Waals surface area contributed by atoms with Gasteiger partial charge in [-0.05, 0) is 40.3 Å². The number of carbonyl (C=O) groups is 1. The van der Waals surface area contributed by atoms with E-state index in [2.05, 4.69) is 41.3 Å². The Bertz CT molecular complexity index is 379. The number of nitrogens with one attached hydrogen (secondary N) is 1. The van der Waals surface area contributed by atoms with E-state index in [0.717, 1.165) is 30.7 Å². The minimum absolute atomic E-state index is 0.193. The van der Waals surface area contributed by atoms with Crippen LogP contribution in [0.25, 0.3) is 0 Å². The lowest BCUT2D eigenvalue weighted by atomic mass is 10.2. The molecule has 0 saturated carbocycles. The van der Waals surface area contributed by atoms with Crippen molar-refractivity contribution in [3.63, 3.8) is 0 Å². The van der Waals surface area contributed by atoms with Crippen molar-refractivity contribution in [1.29, 1.82) is 0 Å². The highest BCUT2D eigenvalue weighted by atomic mass is 32.1. The average Bonchev–Trinajstić information content (AvgIpc) is 2.74. The minimum Gasteiger partial charge on any atom is -0.374 e. The van der Waals surface area contributed by atoms with Crippen LogP contribution in [0.1, 0.15) is 36.5 Å². The van der Waals surface area contributed by atoms with Gasteiger partial charge in [-0.15, -0.1) is 10.2 Å². The summed E-state index contributed by atoms with van der Waals surface area (Å²) in [7, 11) is 2.10. The largest absolute Gasteiger partial charge is 0.374 e. The summed E-state index contributed by atoms with van der Waals surface area (Å²) < 4.78 is 0. The zero-order chi connectivity index (χ0) is 13.5. The van der Waals surface area contributed by atoms with Crippen LogP contribution in [0, 0.1) is 0 Å². The number of nitrogen functional groups attached to an aromatic ring is 1. The molecule has 0 aliphatic heterocycles. The molecule has 1 aromatic rings. The van der Waals surface area contributed by atoms with Gasteiger partial charge < -0.3 is 16.0 Å². The molecule has 1 amide bonds. The van der Waals surface area contributed by atoms with Crippen LogP contribution in [0.4, 0.5) is 5.13 Å². The van der Waals surface area contributed by atoms with Gasteiger partial charge >= 0.3 is 0 Å². The first-order valence-electron chi connectivity index (χ1n) is 6.08. The summed E-state index contributed by atoms with van der Waals surface area (Å²) in [5.74, 6) is -0.193. The highest BCUT2D eigenvalue weighted by Crippen LogP contribution is 2.10. The molecule has 1 heterocycles. The molecule has 0 aromatic carbocycles. The maximum Gasteiger partial charge on any atom is 0.282 e. The Morgan fingerprint density at radius 1 is 1.44 bits per heavy atom. The predicted octanol–water partition coefficient (Wildman–Crippen LogP) is 0.970. The lowest BCUT2D eigenvalue weighted by Crippen LogP contribution is -2.29. The molecule has 0 fully saturated rings. The monoisotopic (exact) mass is 271 g/mol. The first kappa shape index (κ1) is 14.8. The van der Waals surface area contributed by atoms with Gasteiger partial charge in [0.25, 0.3) is 5.91 Å². The Labute approximate surface area is 112 Å². The van der Waals surface area contributed by atoms with E-state index in [4.69, 9.17) is 5.73 Å². The number of nitrogens with two attached hydrogens (primary N) is 1. The molecule has 1 rings (SSSR count). The molecule has 7 heteroatoms. The molecule has 0 atom stereocenters. The minimum atomic E-state index is -0.193. The van der Waals surface area contributed by atoms with Crippen molar-refractivity contribution in [2.75, 3.05) is 25.9 Å². The van der Waals surface area contributed by atoms with Crippen molar-refractivity contribution in [3.8, 4) is 0 Å². The van der Waals surface area contributed by atoms with Gasteiger partial charge in [-0.3, -0.25) is 4.79 Å². The van der Waals surface area contributed by atoms with Crippen molar-refractivity contribution in [2.24, 2.45) is 0 Å². The van der Waals surface area contributed by atoms with Crippen molar-refractivity contribution in [1.82, 2.24) is 20.4 Å². The molecule has 18 heavy (non-hydrogen) atoms. The first-order chi connectivity index (χ1) is 8.50. The highest BCUT2D eigenvalue weighted by molar-refractivity contribution is 7.16. The third kappa shape index (κ3) is 4.97. The lowest BCUT2D eigenvalue weighted by Gasteiger charge is -2.20. The van der Waals surface area contributed by atoms with Crippen LogP contribution in [0.2, 0.25) is 0 Å². The smallest absolute Gasteiger partial charge is 0.282 e. The van der Waals surface area contributed by atoms with E-state index in [9.17, 15) is 4.79 Å². The molecule has 0 spiro atoms. The van der Waals surface area contributed by atoms with Crippen molar-refractivity contribution < 1.29 is 4.79 Å². The number of rotatable bonds is 7. The zero-order valence-corrected chi connectivity index (χ0v) is 12.0. The number of nitrogens with zero attached hydrogens (tertiary/aromatic N) is 3. The number of aromatic nitrogens is 2. The molecule has 0 aliphatic rings. The molecular formula is C11H21N5OS. The molecule has 0 aliphatic carbocycles. The van der Waals surface area contributed by atoms with E-state index < -0.39 is 0 Å². The summed E-state index contributed by atoms with van der Waals surface area (Å²) in [6, 6.07) is 0.559. The van der Waals surface area contributed by atoms with Gasteiger partial charge in [0.05, 0.1) is 0 Å². The van der Waals surface area contributed by atoms with Crippen LogP contribution in [0.5, 0.6) is 0 Å². The van der Waals surface area contributed by atoms with Gasteiger partial charge in [0.2, 0.25) is 10.1 Å². The van der Waals surface area contributed by atoms with E-state index in [-0.39, 0.29) is 5.91 Å². The van der Waals surface area contributed by atoms with Crippen molar-refractivity contribution in [2.45, 2.75) is 32.7 Å². The van der Waals surface area contributed by atoms with E-state index in [0.29, 0.717) is 22.7 Å². The summed E-state index contributed by atoms with van der Waals surface area (Å²) in [4.78, 5) is 13.9. The van der Waals surface area contributed by atoms with Crippen LogP contribution < -0.4 is 11.1 Å². The van der Waals surface area contributed by atoms with Crippen LogP contribution in [0.3, 0.4) is 0 Å². The van der Waals surface area contributed by atoms with Gasteiger partial charge in [0.15, 0.2) is 0 Å². The number of hydrogen-bond donors (Lipinski definition) is 2. The maximum atomic E-state index is 11.6. The summed E-state index contributed by atoms with van der Waals surface area (Å²) in [5, 5.41) is 10.7. The van der Waals surface area contributed by atoms with E-state index in [1.54, 1.807) is 0 Å². The predicted molar refractivity (Wildman–Crippen MR) is 73.7 cm³/mol.